The molecule has 0 saturated carbocycles. The van der Waals surface area contributed by atoms with Crippen LogP contribution in [0.4, 0.5) is 28.9 Å². The third-order valence-electron chi connectivity index (χ3n) is 5.07. The van der Waals surface area contributed by atoms with Crippen molar-refractivity contribution in [1.82, 2.24) is 9.97 Å². The number of hydrogen-bond donors (Lipinski definition) is 1. The molecule has 3 heterocycles. The Labute approximate surface area is 190 Å². The van der Waals surface area contributed by atoms with Gasteiger partial charge in [0.25, 0.3) is 0 Å². The second-order valence-electron chi connectivity index (χ2n) is 7.38. The molecular formula is C22H15ClF4N4O2. The fourth-order valence-electron chi connectivity index (χ4n) is 3.58. The first-order valence-electron chi connectivity index (χ1n) is 9.62. The summed E-state index contributed by atoms with van der Waals surface area (Å²) in [5.41, 5.74) is 0.619. The van der Waals surface area contributed by atoms with Gasteiger partial charge in [-0.05, 0) is 37.3 Å². The van der Waals surface area contributed by atoms with Crippen LogP contribution in [0, 0.1) is 12.7 Å². The van der Waals surface area contributed by atoms with Crippen molar-refractivity contribution in [3.63, 3.8) is 0 Å². The quantitative estimate of drug-likeness (QED) is 0.434. The van der Waals surface area contributed by atoms with Crippen molar-refractivity contribution in [2.45, 2.75) is 19.5 Å². The average Bonchev–Trinajstić information content (AvgIpc) is 2.84. The molecule has 0 atom stereocenters. The van der Waals surface area contributed by atoms with Gasteiger partial charge in [-0.1, -0.05) is 11.6 Å². The number of benzene rings is 1. The number of aromatic nitrogens is 2. The number of fused-ring (bicyclic) bond motifs is 3. The van der Waals surface area contributed by atoms with Gasteiger partial charge in [0.05, 0.1) is 23.9 Å². The molecule has 1 aliphatic heterocycles. The van der Waals surface area contributed by atoms with E-state index in [0.29, 0.717) is 11.3 Å². The van der Waals surface area contributed by atoms with E-state index in [4.69, 9.17) is 11.6 Å². The standard InChI is InChI=1S/C22H15ClF4N4O2/c1-11-6-17-20(21(23)29-11)15-8-28-9-16(24)14(15)7-19(33)31(17)10-18(32)30-13-4-2-12(3-5-13)22(25,26)27/h2-6,8-9H,7,10H2,1H3,(H,30,32). The van der Waals surface area contributed by atoms with Crippen LogP contribution < -0.4 is 10.2 Å². The fourth-order valence-corrected chi connectivity index (χ4v) is 3.91. The number of rotatable bonds is 3. The summed E-state index contributed by atoms with van der Waals surface area (Å²) in [5.74, 6) is -1.92. The van der Waals surface area contributed by atoms with Crippen LogP contribution in [0.2, 0.25) is 5.15 Å². The van der Waals surface area contributed by atoms with Crippen molar-refractivity contribution in [1.29, 1.82) is 0 Å². The Morgan fingerprint density at radius 2 is 1.91 bits per heavy atom. The number of alkyl halides is 3. The Morgan fingerprint density at radius 3 is 2.58 bits per heavy atom. The number of nitrogens with one attached hydrogen (secondary N) is 1. The molecule has 2 amide bonds. The molecule has 170 valence electrons. The molecule has 0 saturated heterocycles. The van der Waals surface area contributed by atoms with E-state index in [2.05, 4.69) is 15.3 Å². The maximum absolute atomic E-state index is 14.5. The number of aryl methyl sites for hydroxylation is 1. The maximum atomic E-state index is 14.5. The van der Waals surface area contributed by atoms with E-state index in [9.17, 15) is 27.2 Å². The molecule has 6 nitrogen and oxygen atoms in total. The summed E-state index contributed by atoms with van der Waals surface area (Å²) in [6.07, 6.45) is -2.50. The Morgan fingerprint density at radius 1 is 1.21 bits per heavy atom. The van der Waals surface area contributed by atoms with Gasteiger partial charge in [-0.15, -0.1) is 0 Å². The first-order valence-corrected chi connectivity index (χ1v) is 9.99. The van der Waals surface area contributed by atoms with Gasteiger partial charge >= 0.3 is 6.18 Å². The van der Waals surface area contributed by atoms with Crippen molar-refractivity contribution in [2.24, 2.45) is 0 Å². The number of carbonyl (C=O) groups is 2. The van der Waals surface area contributed by atoms with Crippen LogP contribution in [0.5, 0.6) is 0 Å². The van der Waals surface area contributed by atoms with Crippen molar-refractivity contribution < 1.29 is 27.2 Å². The lowest BCUT2D eigenvalue weighted by molar-refractivity contribution is -0.137. The summed E-state index contributed by atoms with van der Waals surface area (Å²) in [6, 6.07) is 5.44. The number of halogens is 5. The molecule has 11 heteroatoms. The van der Waals surface area contributed by atoms with Crippen LogP contribution in [0.1, 0.15) is 16.8 Å². The largest absolute Gasteiger partial charge is 0.416 e. The highest BCUT2D eigenvalue weighted by atomic mass is 35.5. The fraction of sp³-hybridized carbons (Fsp3) is 0.182. The van der Waals surface area contributed by atoms with Crippen LogP contribution in [0.15, 0.2) is 42.7 Å². The van der Waals surface area contributed by atoms with Crippen molar-refractivity contribution >= 4 is 34.8 Å². The first kappa shape index (κ1) is 22.7. The van der Waals surface area contributed by atoms with Crippen LogP contribution in [0.3, 0.4) is 0 Å². The summed E-state index contributed by atoms with van der Waals surface area (Å²) in [4.78, 5) is 34.9. The minimum atomic E-state index is -4.50. The molecule has 1 aliphatic rings. The molecule has 0 aliphatic carbocycles. The second kappa shape index (κ2) is 8.43. The van der Waals surface area contributed by atoms with Crippen LogP contribution in [0.25, 0.3) is 11.1 Å². The zero-order valence-electron chi connectivity index (χ0n) is 17.0. The van der Waals surface area contributed by atoms with E-state index in [1.165, 1.54) is 6.20 Å². The van der Waals surface area contributed by atoms with Gasteiger partial charge in [-0.2, -0.15) is 13.2 Å². The number of anilines is 2. The highest BCUT2D eigenvalue weighted by Crippen LogP contribution is 2.41. The Bertz CT molecular complexity index is 1260. The maximum Gasteiger partial charge on any atom is 0.416 e. The molecule has 3 aromatic rings. The van der Waals surface area contributed by atoms with Crippen LogP contribution in [-0.2, 0) is 22.2 Å². The van der Waals surface area contributed by atoms with Crippen LogP contribution >= 0.6 is 11.6 Å². The van der Waals surface area contributed by atoms with Gasteiger partial charge < -0.3 is 10.2 Å². The summed E-state index contributed by atoms with van der Waals surface area (Å²) in [5, 5.41) is 2.48. The molecular weight excluding hydrogens is 464 g/mol. The Kier molecular flexibility index (Phi) is 5.79. The lowest BCUT2D eigenvalue weighted by Crippen LogP contribution is -2.38. The molecule has 0 unspecified atom stereocenters. The highest BCUT2D eigenvalue weighted by Gasteiger charge is 2.32. The molecule has 1 N–H and O–H groups in total. The van der Waals surface area contributed by atoms with Gasteiger partial charge in [-0.25, -0.2) is 9.37 Å². The van der Waals surface area contributed by atoms with Gasteiger partial charge in [-0.3, -0.25) is 14.6 Å². The molecule has 0 fully saturated rings. The van der Waals surface area contributed by atoms with Crippen molar-refractivity contribution in [2.75, 3.05) is 16.8 Å². The lowest BCUT2D eigenvalue weighted by atomic mass is 10.0. The topological polar surface area (TPSA) is 75.2 Å². The first-order chi connectivity index (χ1) is 15.5. The van der Waals surface area contributed by atoms with Gasteiger partial charge in [0, 0.05) is 34.3 Å². The number of carbonyl (C=O) groups excluding carboxylic acids is 2. The van der Waals surface area contributed by atoms with E-state index < -0.39 is 35.9 Å². The second-order valence-corrected chi connectivity index (χ2v) is 7.73. The predicted molar refractivity (Wildman–Crippen MR) is 113 cm³/mol. The number of amides is 2. The Hall–Kier alpha value is -3.53. The molecule has 1 aromatic carbocycles. The normalized spacial score (nSPS) is 13.3. The van der Waals surface area contributed by atoms with E-state index >= 15 is 0 Å². The number of nitrogens with zero attached hydrogens (tertiary/aromatic N) is 3. The van der Waals surface area contributed by atoms with Crippen molar-refractivity contribution in [3.8, 4) is 11.1 Å². The Balaban J connectivity index is 1.67. The summed E-state index contributed by atoms with van der Waals surface area (Å²) >= 11 is 6.34. The molecule has 0 radical (unpaired) electrons. The average molecular weight is 479 g/mol. The van der Waals surface area contributed by atoms with Gasteiger partial charge in [0.2, 0.25) is 11.8 Å². The molecule has 0 spiro atoms. The smallest absolute Gasteiger partial charge is 0.325 e. The van der Waals surface area contributed by atoms with Crippen LogP contribution in [-0.4, -0.2) is 28.3 Å². The lowest BCUT2D eigenvalue weighted by Gasteiger charge is -2.23. The molecule has 4 rings (SSSR count). The summed E-state index contributed by atoms with van der Waals surface area (Å²) in [7, 11) is 0. The number of pyridine rings is 2. The third-order valence-corrected chi connectivity index (χ3v) is 5.35. The molecule has 2 aromatic heterocycles. The van der Waals surface area contributed by atoms with E-state index in [0.717, 1.165) is 35.4 Å². The summed E-state index contributed by atoms with van der Waals surface area (Å²) < 4.78 is 52.7. The highest BCUT2D eigenvalue weighted by molar-refractivity contribution is 6.33. The molecule has 0 bridgehead atoms. The predicted octanol–water partition coefficient (Wildman–Crippen LogP) is 4.79. The zero-order chi connectivity index (χ0) is 23.9. The third kappa shape index (κ3) is 4.51. The van der Waals surface area contributed by atoms with E-state index in [-0.39, 0.29) is 34.1 Å². The summed E-state index contributed by atoms with van der Waals surface area (Å²) in [6.45, 7) is 1.17. The zero-order valence-corrected chi connectivity index (χ0v) is 17.8. The molecule has 33 heavy (non-hydrogen) atoms. The van der Waals surface area contributed by atoms with E-state index in [1.54, 1.807) is 13.0 Å². The minimum absolute atomic E-state index is 0.0153. The minimum Gasteiger partial charge on any atom is -0.325 e. The van der Waals surface area contributed by atoms with E-state index in [1.807, 2.05) is 0 Å². The number of hydrogen-bond acceptors (Lipinski definition) is 4. The van der Waals surface area contributed by atoms with Gasteiger partial charge in [0.15, 0.2) is 0 Å². The monoisotopic (exact) mass is 478 g/mol. The van der Waals surface area contributed by atoms with Crippen molar-refractivity contribution in [3.05, 3.63) is 70.5 Å². The SMILES string of the molecule is Cc1cc2c(c(Cl)n1)-c1cncc(F)c1CC(=O)N2CC(=O)Nc1ccc(C(F)(F)F)cc1. The van der Waals surface area contributed by atoms with Gasteiger partial charge in [0.1, 0.15) is 17.5 Å².